The van der Waals surface area contributed by atoms with Crippen molar-refractivity contribution in [1.29, 1.82) is 0 Å². The van der Waals surface area contributed by atoms with Crippen molar-refractivity contribution in [2.45, 2.75) is 0 Å². The molecule has 0 spiro atoms. The quantitative estimate of drug-likeness (QED) is 0.297. The van der Waals surface area contributed by atoms with Gasteiger partial charge in [-0.2, -0.15) is 0 Å². The summed E-state index contributed by atoms with van der Waals surface area (Å²) in [5.41, 5.74) is 2.56. The van der Waals surface area contributed by atoms with Crippen LogP contribution < -0.4 is 0 Å². The molecule has 0 amide bonds. The fourth-order valence-corrected chi connectivity index (χ4v) is 0.236. The summed E-state index contributed by atoms with van der Waals surface area (Å²) >= 11 is 0. The van der Waals surface area contributed by atoms with Crippen molar-refractivity contribution < 1.29 is 4.74 Å². The molecular weight excluding hydrogens is 100 g/mol. The molecule has 0 rings (SSSR count). The van der Waals surface area contributed by atoms with Gasteiger partial charge in [0.2, 0.25) is 0 Å². The van der Waals surface area contributed by atoms with Crippen LogP contribution in [-0.2, 0) is 4.74 Å². The van der Waals surface area contributed by atoms with E-state index < -0.39 is 0 Å². The van der Waals surface area contributed by atoms with Crippen LogP contribution in [0.4, 0.5) is 0 Å². The Balaban J connectivity index is 2.96. The van der Waals surface area contributed by atoms with Crippen molar-refractivity contribution in [2.75, 3.05) is 13.2 Å². The maximum Gasteiger partial charge on any atom is 0.107 e. The normalized spacial score (nSPS) is 6.88. The number of rotatable bonds is 3. The van der Waals surface area contributed by atoms with Crippen molar-refractivity contribution in [3.8, 4) is 12.3 Å². The summed E-state index contributed by atoms with van der Waals surface area (Å²) < 4.78 is 4.83. The maximum atomic E-state index is 4.89. The third kappa shape index (κ3) is 5.04. The molecule has 0 fully saturated rings. The molecule has 0 unspecified atom stereocenters. The van der Waals surface area contributed by atoms with Gasteiger partial charge in [-0.3, -0.25) is 0 Å². The first-order valence-electron chi connectivity index (χ1n) is 2.27. The molecule has 0 aromatic rings. The smallest absolute Gasteiger partial charge is 0.107 e. The van der Waals surface area contributed by atoms with Crippen molar-refractivity contribution in [2.24, 2.45) is 0 Å². The van der Waals surface area contributed by atoms with Gasteiger partial charge < -0.3 is 4.74 Å². The molecule has 0 atom stereocenters. The van der Waals surface area contributed by atoms with E-state index in [1.807, 2.05) is 0 Å². The highest BCUT2D eigenvalue weighted by Crippen LogP contribution is 1.71. The van der Waals surface area contributed by atoms with E-state index in [0.717, 1.165) is 0 Å². The van der Waals surface area contributed by atoms with Gasteiger partial charge >= 0.3 is 0 Å². The molecular formula is C7H8O. The Bertz CT molecular complexity index is 124. The number of terminal acetylenes is 1. The molecule has 0 aliphatic rings. The third-order valence-corrected chi connectivity index (χ3v) is 0.531. The lowest BCUT2D eigenvalue weighted by atomic mass is 10.6. The number of ether oxygens (including phenoxy) is 1. The van der Waals surface area contributed by atoms with Gasteiger partial charge in [-0.15, -0.1) is 12.2 Å². The van der Waals surface area contributed by atoms with Crippen LogP contribution in [0.25, 0.3) is 0 Å². The summed E-state index contributed by atoms with van der Waals surface area (Å²) in [4.78, 5) is 0. The summed E-state index contributed by atoms with van der Waals surface area (Å²) in [7, 11) is 0. The van der Waals surface area contributed by atoms with Crippen LogP contribution >= 0.6 is 0 Å². The lowest BCUT2D eigenvalue weighted by molar-refractivity contribution is 0.199. The van der Waals surface area contributed by atoms with Gasteiger partial charge in [0.05, 0.1) is 6.61 Å². The molecule has 8 heavy (non-hydrogen) atoms. The minimum Gasteiger partial charge on any atom is -0.364 e. The monoisotopic (exact) mass is 108 g/mol. The molecule has 0 N–H and O–H groups in total. The van der Waals surface area contributed by atoms with E-state index in [-0.39, 0.29) is 0 Å². The van der Waals surface area contributed by atoms with Crippen LogP contribution in [0, 0.1) is 12.3 Å². The minimum atomic E-state index is 0.359. The molecule has 0 heterocycles. The second kappa shape index (κ2) is 6.04. The van der Waals surface area contributed by atoms with Crippen molar-refractivity contribution in [3.63, 3.8) is 0 Å². The Morgan fingerprint density at radius 1 is 1.75 bits per heavy atom. The third-order valence-electron chi connectivity index (χ3n) is 0.531. The van der Waals surface area contributed by atoms with Gasteiger partial charge in [0.1, 0.15) is 6.61 Å². The van der Waals surface area contributed by atoms with E-state index >= 15 is 0 Å². The van der Waals surface area contributed by atoms with Gasteiger partial charge in [-0.1, -0.05) is 12.5 Å². The SMILES string of the molecule is C#CCOCC=C=C. The van der Waals surface area contributed by atoms with E-state index in [2.05, 4.69) is 18.2 Å². The molecule has 0 aliphatic carbocycles. The second-order valence-corrected chi connectivity index (χ2v) is 1.13. The molecule has 0 radical (unpaired) electrons. The van der Waals surface area contributed by atoms with Gasteiger partial charge in [-0.05, 0) is 6.08 Å². The Kier molecular flexibility index (Phi) is 5.32. The minimum absolute atomic E-state index is 0.359. The topological polar surface area (TPSA) is 9.23 Å². The average Bonchev–Trinajstić information content (AvgIpc) is 1.81. The number of hydrogen-bond donors (Lipinski definition) is 0. The van der Waals surface area contributed by atoms with Crippen LogP contribution in [0.3, 0.4) is 0 Å². The van der Waals surface area contributed by atoms with Crippen LogP contribution in [-0.4, -0.2) is 13.2 Å². The lowest BCUT2D eigenvalue weighted by Crippen LogP contribution is -1.88. The van der Waals surface area contributed by atoms with Crippen LogP contribution in [0.2, 0.25) is 0 Å². The van der Waals surface area contributed by atoms with Gasteiger partial charge in [0.25, 0.3) is 0 Å². The largest absolute Gasteiger partial charge is 0.364 e. The van der Waals surface area contributed by atoms with E-state index in [0.29, 0.717) is 13.2 Å². The van der Waals surface area contributed by atoms with Crippen LogP contribution in [0.1, 0.15) is 0 Å². The zero-order chi connectivity index (χ0) is 6.24. The van der Waals surface area contributed by atoms with Gasteiger partial charge in [-0.25, -0.2) is 0 Å². The van der Waals surface area contributed by atoms with Crippen molar-refractivity contribution in [3.05, 3.63) is 18.4 Å². The van der Waals surface area contributed by atoms with Crippen molar-refractivity contribution in [1.82, 2.24) is 0 Å². The molecule has 0 aliphatic heterocycles. The maximum absolute atomic E-state index is 4.89. The molecule has 1 heteroatoms. The van der Waals surface area contributed by atoms with Gasteiger partial charge in [0.15, 0.2) is 0 Å². The molecule has 0 bridgehead atoms. The summed E-state index contributed by atoms with van der Waals surface area (Å²) in [5, 5.41) is 0. The average molecular weight is 108 g/mol. The highest BCUT2D eigenvalue weighted by atomic mass is 16.5. The van der Waals surface area contributed by atoms with Crippen molar-refractivity contribution >= 4 is 0 Å². The Morgan fingerprint density at radius 3 is 3.00 bits per heavy atom. The lowest BCUT2D eigenvalue weighted by Gasteiger charge is -1.87. The Morgan fingerprint density at radius 2 is 2.50 bits per heavy atom. The second-order valence-electron chi connectivity index (χ2n) is 1.13. The number of hydrogen-bond acceptors (Lipinski definition) is 1. The summed E-state index contributed by atoms with van der Waals surface area (Å²) in [6.45, 7) is 4.21. The van der Waals surface area contributed by atoms with Crippen LogP contribution in [0.5, 0.6) is 0 Å². The first-order valence-corrected chi connectivity index (χ1v) is 2.27. The highest BCUT2D eigenvalue weighted by molar-refractivity contribution is 4.84. The van der Waals surface area contributed by atoms with E-state index in [4.69, 9.17) is 11.2 Å². The van der Waals surface area contributed by atoms with E-state index in [9.17, 15) is 0 Å². The summed E-state index contributed by atoms with van der Waals surface area (Å²) in [6, 6.07) is 0. The molecule has 0 aromatic carbocycles. The van der Waals surface area contributed by atoms with Crippen LogP contribution in [0.15, 0.2) is 18.4 Å². The zero-order valence-electron chi connectivity index (χ0n) is 4.68. The molecule has 0 saturated heterocycles. The standard InChI is InChI=1S/C7H8O/c1-3-5-7-8-6-4-2/h2,5H,1,6-7H2. The zero-order valence-corrected chi connectivity index (χ0v) is 4.68. The molecule has 42 valence electrons. The highest BCUT2D eigenvalue weighted by Gasteiger charge is 1.72. The fraction of sp³-hybridized carbons (Fsp3) is 0.286. The van der Waals surface area contributed by atoms with Gasteiger partial charge in [0, 0.05) is 0 Å². The predicted molar refractivity (Wildman–Crippen MR) is 33.4 cm³/mol. The first kappa shape index (κ1) is 7.04. The predicted octanol–water partition coefficient (Wildman–Crippen LogP) is 0.977. The Labute approximate surface area is 49.7 Å². The Hall–Kier alpha value is -0.960. The summed E-state index contributed by atoms with van der Waals surface area (Å²) in [6.07, 6.45) is 6.56. The summed E-state index contributed by atoms with van der Waals surface area (Å²) in [5.74, 6) is 2.34. The van der Waals surface area contributed by atoms with E-state index in [1.165, 1.54) is 0 Å². The first-order chi connectivity index (χ1) is 3.91. The fourth-order valence-electron chi connectivity index (χ4n) is 0.236. The van der Waals surface area contributed by atoms with E-state index in [1.54, 1.807) is 6.08 Å². The molecule has 1 nitrogen and oxygen atoms in total. The molecule has 0 aromatic heterocycles. The molecule has 0 saturated carbocycles.